The van der Waals surface area contributed by atoms with Crippen molar-refractivity contribution in [3.05, 3.63) is 188 Å². The van der Waals surface area contributed by atoms with Crippen molar-refractivity contribution in [2.75, 3.05) is 0 Å². The van der Waals surface area contributed by atoms with Crippen LogP contribution in [0, 0.1) is 6.07 Å². The fourth-order valence-corrected chi connectivity index (χ4v) is 7.55. The van der Waals surface area contributed by atoms with Gasteiger partial charge in [-0.1, -0.05) is 126 Å². The first-order valence-electron chi connectivity index (χ1n) is 17.6. The zero-order valence-electron chi connectivity index (χ0n) is 28.9. The minimum atomic E-state index is 0. The van der Waals surface area contributed by atoms with Crippen LogP contribution in [0.15, 0.2) is 182 Å². The maximum absolute atomic E-state index is 12.0. The van der Waals surface area contributed by atoms with E-state index in [1.807, 2.05) is 72.9 Å². The number of para-hydroxylation sites is 4. The molecule has 260 valence electrons. The summed E-state index contributed by atoms with van der Waals surface area (Å²) in [5.41, 5.74) is 12.1. The minimum Gasteiger partial charge on any atom is -0.507 e. The van der Waals surface area contributed by atoms with Crippen molar-refractivity contribution >= 4 is 32.8 Å². The number of phenolic OH excluding ortho intramolecular Hbond substituents is 1. The number of phenols is 1. The van der Waals surface area contributed by atoms with Crippen molar-refractivity contribution in [1.29, 1.82) is 0 Å². The van der Waals surface area contributed by atoms with E-state index in [0.717, 1.165) is 77.7 Å². The van der Waals surface area contributed by atoms with Gasteiger partial charge < -0.3 is 9.67 Å². The van der Waals surface area contributed by atoms with Gasteiger partial charge in [-0.2, -0.15) is 0 Å². The molecule has 0 atom stereocenters. The molecule has 6 heteroatoms. The van der Waals surface area contributed by atoms with Crippen LogP contribution < -0.4 is 0 Å². The van der Waals surface area contributed by atoms with Gasteiger partial charge in [0, 0.05) is 61.2 Å². The predicted octanol–water partition coefficient (Wildman–Crippen LogP) is 11.7. The van der Waals surface area contributed by atoms with Gasteiger partial charge in [0.1, 0.15) is 11.6 Å². The number of fused-ring (bicyclic) bond motifs is 4. The van der Waals surface area contributed by atoms with Crippen molar-refractivity contribution in [2.45, 2.75) is 0 Å². The summed E-state index contributed by atoms with van der Waals surface area (Å²) in [4.78, 5) is 10.1. The summed E-state index contributed by atoms with van der Waals surface area (Å²) >= 11 is 0. The number of hydrogen-bond donors (Lipinski definition) is 1. The van der Waals surface area contributed by atoms with E-state index in [2.05, 4.69) is 129 Å². The van der Waals surface area contributed by atoms with Crippen LogP contribution in [0.4, 0.5) is 0 Å². The van der Waals surface area contributed by atoms with E-state index in [1.165, 1.54) is 0 Å². The summed E-state index contributed by atoms with van der Waals surface area (Å²) < 4.78 is 4.36. The molecule has 0 aliphatic carbocycles. The summed E-state index contributed by atoms with van der Waals surface area (Å²) in [7, 11) is 0. The van der Waals surface area contributed by atoms with Crippen LogP contribution in [-0.2, 0) is 21.1 Å². The Bertz CT molecular complexity index is 2880. The summed E-state index contributed by atoms with van der Waals surface area (Å²) in [6.07, 6.45) is 1.81. The molecule has 7 aromatic carbocycles. The van der Waals surface area contributed by atoms with Crippen molar-refractivity contribution in [1.82, 2.24) is 19.1 Å². The Morgan fingerprint density at radius 3 is 1.87 bits per heavy atom. The smallest absolute Gasteiger partial charge is 0.148 e. The SMILES string of the molecule is Oc1cc2c(cc1-c1nc3c(-c4[c-]c(-c5ccccn5)cc(-c5ccccc5)c4)cccc3n1-c1ccccc1)c1ccccc1n2-c1ccccc1.[Pt]. The molecule has 3 aromatic heterocycles. The minimum absolute atomic E-state index is 0. The maximum atomic E-state index is 12.0. The molecule has 0 saturated carbocycles. The number of benzene rings is 7. The average Bonchev–Trinajstić information content (AvgIpc) is 3.77. The quantitative estimate of drug-likeness (QED) is 0.169. The molecule has 5 nitrogen and oxygen atoms in total. The van der Waals surface area contributed by atoms with Gasteiger partial charge in [0.05, 0.1) is 27.6 Å². The van der Waals surface area contributed by atoms with Crippen molar-refractivity contribution in [3.63, 3.8) is 0 Å². The Morgan fingerprint density at radius 2 is 1.13 bits per heavy atom. The zero-order valence-corrected chi connectivity index (χ0v) is 31.1. The Hall–Kier alpha value is -6.55. The summed E-state index contributed by atoms with van der Waals surface area (Å²) in [5.74, 6) is 0.806. The third-order valence-corrected chi connectivity index (χ3v) is 9.95. The number of rotatable bonds is 6. The number of imidazole rings is 1. The number of hydrogen-bond acceptors (Lipinski definition) is 3. The number of aromatic nitrogens is 4. The summed E-state index contributed by atoms with van der Waals surface area (Å²) in [6.45, 7) is 0. The zero-order chi connectivity index (χ0) is 35.3. The molecule has 0 fully saturated rings. The summed E-state index contributed by atoms with van der Waals surface area (Å²) in [5, 5.41) is 14.1. The van der Waals surface area contributed by atoms with Crippen LogP contribution in [0.5, 0.6) is 5.75 Å². The van der Waals surface area contributed by atoms with Crippen LogP contribution >= 0.6 is 0 Å². The second-order valence-corrected chi connectivity index (χ2v) is 13.1. The van der Waals surface area contributed by atoms with Crippen molar-refractivity contribution in [2.24, 2.45) is 0 Å². The van der Waals surface area contributed by atoms with Crippen LogP contribution in [0.3, 0.4) is 0 Å². The summed E-state index contributed by atoms with van der Waals surface area (Å²) in [6, 6.07) is 63.5. The van der Waals surface area contributed by atoms with E-state index in [9.17, 15) is 5.11 Å². The number of nitrogens with zero attached hydrogens (tertiary/aromatic N) is 4. The molecule has 1 N–H and O–H groups in total. The van der Waals surface area contributed by atoms with Crippen LogP contribution in [0.25, 0.3) is 89.1 Å². The van der Waals surface area contributed by atoms with E-state index in [4.69, 9.17) is 4.98 Å². The largest absolute Gasteiger partial charge is 0.507 e. The standard InChI is InChI=1S/C48H31N4O.Pt/c53-46-31-45-40(39-21-10-11-24-43(39)51(45)36-17-6-2-7-18-36)30-41(46)48-50-47-38(22-14-25-44(47)52(48)37-19-8-3-9-20-37)34-27-33(32-15-4-1-5-16-32)28-35(29-34)42-23-12-13-26-49-42;/h1-28,30-31,53H;/q-1;. The Balaban J connectivity index is 0.00000384. The molecule has 0 spiro atoms. The van der Waals surface area contributed by atoms with Gasteiger partial charge >= 0.3 is 0 Å². The number of aromatic hydroxyl groups is 1. The third kappa shape index (κ3) is 5.62. The van der Waals surface area contributed by atoms with Crippen LogP contribution in [0.1, 0.15) is 0 Å². The van der Waals surface area contributed by atoms with E-state index >= 15 is 0 Å². The second-order valence-electron chi connectivity index (χ2n) is 13.1. The molecular formula is C48H31N4OPt-. The third-order valence-electron chi connectivity index (χ3n) is 9.95. The fraction of sp³-hybridized carbons (Fsp3) is 0. The first-order chi connectivity index (χ1) is 26.2. The molecule has 0 unspecified atom stereocenters. The van der Waals surface area contributed by atoms with Gasteiger partial charge in [-0.05, 0) is 54.1 Å². The molecule has 0 saturated heterocycles. The normalized spacial score (nSPS) is 11.3. The number of pyridine rings is 1. The van der Waals surface area contributed by atoms with E-state index < -0.39 is 0 Å². The molecule has 0 amide bonds. The fourth-order valence-electron chi connectivity index (χ4n) is 7.55. The molecule has 10 aromatic rings. The van der Waals surface area contributed by atoms with Gasteiger partial charge in [0.25, 0.3) is 0 Å². The average molecular weight is 875 g/mol. The topological polar surface area (TPSA) is 55.9 Å². The monoisotopic (exact) mass is 874 g/mol. The van der Waals surface area contributed by atoms with Crippen LogP contribution in [0.2, 0.25) is 0 Å². The molecule has 0 aliphatic rings. The molecule has 10 rings (SSSR count). The Labute approximate surface area is 326 Å². The molecule has 3 heterocycles. The Kier molecular flexibility index (Phi) is 8.49. The van der Waals surface area contributed by atoms with E-state index in [-0.39, 0.29) is 26.8 Å². The van der Waals surface area contributed by atoms with Crippen molar-refractivity contribution in [3.8, 4) is 62.0 Å². The van der Waals surface area contributed by atoms with E-state index in [0.29, 0.717) is 11.4 Å². The van der Waals surface area contributed by atoms with E-state index in [1.54, 1.807) is 0 Å². The predicted molar refractivity (Wildman–Crippen MR) is 215 cm³/mol. The maximum Gasteiger partial charge on any atom is 0.148 e. The molecule has 0 radical (unpaired) electrons. The first kappa shape index (κ1) is 33.3. The van der Waals surface area contributed by atoms with Gasteiger partial charge in [0.2, 0.25) is 0 Å². The molecule has 0 aliphatic heterocycles. The van der Waals surface area contributed by atoms with Gasteiger partial charge in [-0.15, -0.1) is 23.8 Å². The second kappa shape index (κ2) is 13.8. The van der Waals surface area contributed by atoms with Crippen LogP contribution in [-0.4, -0.2) is 24.2 Å². The molecular weight excluding hydrogens is 844 g/mol. The van der Waals surface area contributed by atoms with Crippen molar-refractivity contribution < 1.29 is 26.2 Å². The van der Waals surface area contributed by atoms with Gasteiger partial charge in [0.15, 0.2) is 0 Å². The van der Waals surface area contributed by atoms with Gasteiger partial charge in [-0.3, -0.25) is 9.55 Å². The molecule has 0 bridgehead atoms. The Morgan fingerprint density at radius 1 is 0.481 bits per heavy atom. The molecule has 54 heavy (non-hydrogen) atoms. The first-order valence-corrected chi connectivity index (χ1v) is 17.6. The van der Waals surface area contributed by atoms with Gasteiger partial charge in [-0.25, -0.2) is 4.98 Å².